The second-order valence-corrected chi connectivity index (χ2v) is 6.84. The zero-order valence-electron chi connectivity index (χ0n) is 15.3. The van der Waals surface area contributed by atoms with Crippen LogP contribution in [0.15, 0.2) is 54.6 Å². The molecule has 4 rings (SSSR count). The summed E-state index contributed by atoms with van der Waals surface area (Å²) in [5, 5.41) is 3.75. The van der Waals surface area contributed by atoms with Crippen molar-refractivity contribution < 1.29 is 14.2 Å². The molecular weight excluding hydrogens is 326 g/mol. The number of ether oxygens (including phenoxy) is 3. The summed E-state index contributed by atoms with van der Waals surface area (Å²) in [7, 11) is 3.40. The normalized spacial score (nSPS) is 23.1. The summed E-state index contributed by atoms with van der Waals surface area (Å²) in [5.41, 5.74) is 3.77. The van der Waals surface area contributed by atoms with Gasteiger partial charge in [0.1, 0.15) is 18.1 Å². The van der Waals surface area contributed by atoms with E-state index < -0.39 is 0 Å². The molecule has 1 N–H and O–H groups in total. The number of anilines is 1. The molecule has 4 heteroatoms. The van der Waals surface area contributed by atoms with Crippen LogP contribution < -0.4 is 14.8 Å². The highest BCUT2D eigenvalue weighted by molar-refractivity contribution is 5.62. The summed E-state index contributed by atoms with van der Waals surface area (Å²) in [6.07, 6.45) is 5.72. The number of nitrogens with one attached hydrogen (secondary N) is 1. The van der Waals surface area contributed by atoms with Crippen LogP contribution in [0.25, 0.3) is 0 Å². The summed E-state index contributed by atoms with van der Waals surface area (Å²) < 4.78 is 16.3. The van der Waals surface area contributed by atoms with E-state index in [-0.39, 0.29) is 6.04 Å². The van der Waals surface area contributed by atoms with Crippen LogP contribution in [0.2, 0.25) is 0 Å². The second-order valence-electron chi connectivity index (χ2n) is 6.84. The molecule has 0 saturated heterocycles. The molecule has 0 amide bonds. The molecular formula is C22H25NO3. The van der Waals surface area contributed by atoms with E-state index in [9.17, 15) is 0 Å². The van der Waals surface area contributed by atoms with Gasteiger partial charge in [-0.05, 0) is 53.8 Å². The minimum atomic E-state index is 0.276. The van der Waals surface area contributed by atoms with Crippen molar-refractivity contribution in [2.24, 2.45) is 5.92 Å². The van der Waals surface area contributed by atoms with Crippen LogP contribution in [0.4, 0.5) is 5.69 Å². The van der Waals surface area contributed by atoms with Gasteiger partial charge in [-0.1, -0.05) is 24.3 Å². The van der Waals surface area contributed by atoms with Crippen molar-refractivity contribution in [1.82, 2.24) is 0 Å². The maximum atomic E-state index is 5.81. The van der Waals surface area contributed by atoms with E-state index in [1.165, 1.54) is 16.8 Å². The molecule has 3 unspecified atom stereocenters. The van der Waals surface area contributed by atoms with Crippen molar-refractivity contribution in [3.05, 3.63) is 65.7 Å². The van der Waals surface area contributed by atoms with E-state index in [2.05, 4.69) is 47.8 Å². The molecule has 0 fully saturated rings. The van der Waals surface area contributed by atoms with Crippen LogP contribution >= 0.6 is 0 Å². The average molecular weight is 351 g/mol. The van der Waals surface area contributed by atoms with Gasteiger partial charge in [-0.15, -0.1) is 0 Å². The fourth-order valence-electron chi connectivity index (χ4n) is 4.07. The predicted octanol–water partition coefficient (Wildman–Crippen LogP) is 4.55. The van der Waals surface area contributed by atoms with E-state index in [1.807, 2.05) is 12.1 Å². The molecule has 0 saturated carbocycles. The zero-order valence-corrected chi connectivity index (χ0v) is 15.3. The van der Waals surface area contributed by atoms with Crippen molar-refractivity contribution in [3.63, 3.8) is 0 Å². The van der Waals surface area contributed by atoms with Gasteiger partial charge in [0.15, 0.2) is 0 Å². The Morgan fingerprint density at radius 2 is 1.96 bits per heavy atom. The molecule has 0 spiro atoms. The molecule has 0 aromatic heterocycles. The Bertz CT molecular complexity index is 802. The number of allylic oxidation sites excluding steroid dienone is 2. The van der Waals surface area contributed by atoms with Crippen molar-refractivity contribution in [3.8, 4) is 11.5 Å². The van der Waals surface area contributed by atoms with Gasteiger partial charge >= 0.3 is 0 Å². The Labute approximate surface area is 154 Å². The zero-order chi connectivity index (χ0) is 17.9. The van der Waals surface area contributed by atoms with Gasteiger partial charge in [0.05, 0.1) is 19.8 Å². The third kappa shape index (κ3) is 3.17. The molecule has 4 nitrogen and oxygen atoms in total. The van der Waals surface area contributed by atoms with Gasteiger partial charge in [0.2, 0.25) is 0 Å². The van der Waals surface area contributed by atoms with Crippen molar-refractivity contribution in [2.75, 3.05) is 32.8 Å². The van der Waals surface area contributed by atoms with Crippen LogP contribution in [0, 0.1) is 5.92 Å². The van der Waals surface area contributed by atoms with Crippen LogP contribution in [-0.4, -0.2) is 27.4 Å². The molecule has 2 aliphatic rings. The van der Waals surface area contributed by atoms with E-state index in [4.69, 9.17) is 14.2 Å². The number of hydrogen-bond acceptors (Lipinski definition) is 4. The van der Waals surface area contributed by atoms with Gasteiger partial charge in [0, 0.05) is 18.7 Å². The summed E-state index contributed by atoms with van der Waals surface area (Å²) in [4.78, 5) is 0. The van der Waals surface area contributed by atoms with Crippen molar-refractivity contribution in [2.45, 2.75) is 18.4 Å². The first-order valence-electron chi connectivity index (χ1n) is 9.13. The third-order valence-corrected chi connectivity index (χ3v) is 5.34. The highest BCUT2D eigenvalue weighted by Crippen LogP contribution is 2.50. The first-order chi connectivity index (χ1) is 12.8. The molecule has 0 bridgehead atoms. The number of fused-ring (bicyclic) bond motifs is 3. The Hall–Kier alpha value is -2.46. The smallest absolute Gasteiger partial charge is 0.119 e. The minimum Gasteiger partial charge on any atom is -0.497 e. The molecule has 1 heterocycles. The van der Waals surface area contributed by atoms with E-state index in [0.717, 1.165) is 17.9 Å². The van der Waals surface area contributed by atoms with Gasteiger partial charge in [0.25, 0.3) is 0 Å². The fourth-order valence-corrected chi connectivity index (χ4v) is 4.07. The Morgan fingerprint density at radius 1 is 1.04 bits per heavy atom. The van der Waals surface area contributed by atoms with Gasteiger partial charge in [-0.25, -0.2) is 0 Å². The lowest BCUT2D eigenvalue weighted by atomic mass is 9.77. The standard InChI is InChI=1S/C22H25NO3/c1-24-11-12-26-17-9-10-21-20(14-17)18-7-4-8-19(18)22(23-21)15-5-3-6-16(13-15)25-2/h3-7,9-10,13-14,18-19,22-23H,8,11-12H2,1-2H3. The maximum absolute atomic E-state index is 5.81. The maximum Gasteiger partial charge on any atom is 0.119 e. The van der Waals surface area contributed by atoms with Gasteiger partial charge in [-0.2, -0.15) is 0 Å². The van der Waals surface area contributed by atoms with Gasteiger partial charge < -0.3 is 19.5 Å². The quantitative estimate of drug-likeness (QED) is 0.612. The van der Waals surface area contributed by atoms with E-state index in [1.54, 1.807) is 14.2 Å². The number of methoxy groups -OCH3 is 2. The Kier molecular flexibility index (Phi) is 4.85. The summed E-state index contributed by atoms with van der Waals surface area (Å²) in [6, 6.07) is 15.0. The molecule has 26 heavy (non-hydrogen) atoms. The van der Waals surface area contributed by atoms with Crippen LogP contribution in [0.1, 0.15) is 29.5 Å². The molecule has 0 radical (unpaired) electrons. The van der Waals surface area contributed by atoms with Gasteiger partial charge in [-0.3, -0.25) is 0 Å². The number of hydrogen-bond donors (Lipinski definition) is 1. The largest absolute Gasteiger partial charge is 0.497 e. The van der Waals surface area contributed by atoms with Crippen LogP contribution in [0.3, 0.4) is 0 Å². The lowest BCUT2D eigenvalue weighted by molar-refractivity contribution is 0.146. The van der Waals surface area contributed by atoms with E-state index in [0.29, 0.717) is 25.0 Å². The first-order valence-corrected chi connectivity index (χ1v) is 9.13. The molecule has 2 aromatic carbocycles. The van der Waals surface area contributed by atoms with Crippen molar-refractivity contribution >= 4 is 5.69 Å². The van der Waals surface area contributed by atoms with Crippen LogP contribution in [0.5, 0.6) is 11.5 Å². The lowest BCUT2D eigenvalue weighted by Gasteiger charge is -2.37. The molecule has 3 atom stereocenters. The molecule has 1 aliphatic heterocycles. The minimum absolute atomic E-state index is 0.276. The van der Waals surface area contributed by atoms with Crippen molar-refractivity contribution in [1.29, 1.82) is 0 Å². The summed E-state index contributed by atoms with van der Waals surface area (Å²) in [6.45, 7) is 1.16. The number of rotatable bonds is 6. The summed E-state index contributed by atoms with van der Waals surface area (Å²) in [5.74, 6) is 2.72. The topological polar surface area (TPSA) is 39.7 Å². The molecule has 2 aromatic rings. The SMILES string of the molecule is COCCOc1ccc2c(c1)C1C=CCC1C(c1cccc(OC)c1)N2. The average Bonchev–Trinajstić information content (AvgIpc) is 3.18. The molecule has 1 aliphatic carbocycles. The highest BCUT2D eigenvalue weighted by atomic mass is 16.5. The van der Waals surface area contributed by atoms with E-state index >= 15 is 0 Å². The van der Waals surface area contributed by atoms with Crippen LogP contribution in [-0.2, 0) is 4.74 Å². The summed E-state index contributed by atoms with van der Waals surface area (Å²) >= 11 is 0. The first kappa shape index (κ1) is 17.0. The Balaban J connectivity index is 1.63. The lowest BCUT2D eigenvalue weighted by Crippen LogP contribution is -2.29. The molecule has 136 valence electrons. The monoisotopic (exact) mass is 351 g/mol. The highest BCUT2D eigenvalue weighted by Gasteiger charge is 2.38. The Morgan fingerprint density at radius 3 is 2.81 bits per heavy atom. The third-order valence-electron chi connectivity index (χ3n) is 5.34. The fraction of sp³-hybridized carbons (Fsp3) is 0.364. The second kappa shape index (κ2) is 7.42. The number of benzene rings is 2. The predicted molar refractivity (Wildman–Crippen MR) is 103 cm³/mol.